The van der Waals surface area contributed by atoms with Crippen LogP contribution in [-0.2, 0) is 9.53 Å². The molecule has 0 fully saturated rings. The van der Waals surface area contributed by atoms with Gasteiger partial charge >= 0.3 is 5.97 Å². The zero-order valence-corrected chi connectivity index (χ0v) is 16.2. The van der Waals surface area contributed by atoms with E-state index in [1.54, 1.807) is 49.6 Å². The summed E-state index contributed by atoms with van der Waals surface area (Å²) in [5.41, 5.74) is 0.883. The third-order valence-corrected chi connectivity index (χ3v) is 4.10. The van der Waals surface area contributed by atoms with Gasteiger partial charge in [-0.1, -0.05) is 19.1 Å². The fraction of sp³-hybridized carbons (Fsp3) is 0.286. The van der Waals surface area contributed by atoms with Crippen molar-refractivity contribution in [2.24, 2.45) is 0 Å². The fourth-order valence-corrected chi connectivity index (χ4v) is 2.33. The molecule has 0 spiro atoms. The minimum absolute atomic E-state index is 0.00210. The molecule has 1 atom stereocenters. The number of hydrogen-bond acceptors (Lipinski definition) is 5. The molecule has 7 heteroatoms. The van der Waals surface area contributed by atoms with Crippen molar-refractivity contribution in [2.45, 2.75) is 26.3 Å². The lowest BCUT2D eigenvalue weighted by Crippen LogP contribution is -2.35. The van der Waals surface area contributed by atoms with Crippen LogP contribution in [0.15, 0.2) is 48.5 Å². The predicted molar refractivity (Wildman–Crippen MR) is 106 cm³/mol. The van der Waals surface area contributed by atoms with Gasteiger partial charge in [-0.05, 0) is 49.7 Å². The van der Waals surface area contributed by atoms with Crippen molar-refractivity contribution >= 4 is 23.5 Å². The summed E-state index contributed by atoms with van der Waals surface area (Å²) in [6.45, 7) is 3.42. The molecular weight excluding hydrogens is 360 g/mol. The van der Waals surface area contributed by atoms with Gasteiger partial charge in [0.1, 0.15) is 5.75 Å². The number of methoxy groups -OCH3 is 1. The Balaban J connectivity index is 2.04. The van der Waals surface area contributed by atoms with Gasteiger partial charge in [-0.15, -0.1) is 0 Å². The first-order valence-electron chi connectivity index (χ1n) is 8.95. The topological polar surface area (TPSA) is 93.7 Å². The van der Waals surface area contributed by atoms with Crippen LogP contribution >= 0.6 is 0 Å². The molecule has 0 aliphatic heterocycles. The van der Waals surface area contributed by atoms with Gasteiger partial charge in [0, 0.05) is 11.6 Å². The van der Waals surface area contributed by atoms with E-state index in [9.17, 15) is 14.4 Å². The first-order chi connectivity index (χ1) is 13.4. The number of anilines is 1. The van der Waals surface area contributed by atoms with Crippen LogP contribution in [0, 0.1) is 0 Å². The molecule has 0 aromatic heterocycles. The maximum atomic E-state index is 12.4. The number of amides is 2. The molecule has 0 heterocycles. The van der Waals surface area contributed by atoms with Crippen molar-refractivity contribution in [3.05, 3.63) is 59.7 Å². The van der Waals surface area contributed by atoms with Crippen LogP contribution in [0.4, 0.5) is 5.69 Å². The Morgan fingerprint density at radius 3 is 2.36 bits per heavy atom. The number of carbonyl (C=O) groups is 3. The Morgan fingerprint density at radius 1 is 1.04 bits per heavy atom. The average molecular weight is 384 g/mol. The van der Waals surface area contributed by atoms with Crippen molar-refractivity contribution in [1.29, 1.82) is 0 Å². The summed E-state index contributed by atoms with van der Waals surface area (Å²) in [5.74, 6) is -0.805. The Morgan fingerprint density at radius 2 is 1.71 bits per heavy atom. The Hall–Kier alpha value is -3.35. The standard InChI is InChI=1S/C21H24N2O5/c1-4-14(2)22-19(24)13-28-21(26)17-7-5-6-8-18(17)23-20(25)15-9-11-16(27-3)12-10-15/h5-12,14H,4,13H2,1-3H3,(H,22,24)(H,23,25)/t14-/m1/s1. The molecule has 0 aliphatic carbocycles. The van der Waals surface area contributed by atoms with Crippen molar-refractivity contribution in [1.82, 2.24) is 5.32 Å². The van der Waals surface area contributed by atoms with Crippen molar-refractivity contribution in [3.63, 3.8) is 0 Å². The third-order valence-electron chi connectivity index (χ3n) is 4.10. The van der Waals surface area contributed by atoms with Crippen molar-refractivity contribution in [3.8, 4) is 5.75 Å². The second-order valence-electron chi connectivity index (χ2n) is 6.18. The molecule has 0 radical (unpaired) electrons. The van der Waals surface area contributed by atoms with Crippen LogP contribution < -0.4 is 15.4 Å². The van der Waals surface area contributed by atoms with Gasteiger partial charge < -0.3 is 20.1 Å². The first-order valence-corrected chi connectivity index (χ1v) is 8.95. The van der Waals surface area contributed by atoms with Crippen molar-refractivity contribution < 1.29 is 23.9 Å². The smallest absolute Gasteiger partial charge is 0.340 e. The number of nitrogens with one attached hydrogen (secondary N) is 2. The van der Waals surface area contributed by atoms with Crippen LogP contribution in [0.5, 0.6) is 5.75 Å². The lowest BCUT2D eigenvalue weighted by atomic mass is 10.1. The predicted octanol–water partition coefficient (Wildman–Crippen LogP) is 3.02. The Bertz CT molecular complexity index is 833. The molecule has 2 rings (SSSR count). The number of rotatable bonds is 8. The van der Waals surface area contributed by atoms with E-state index in [4.69, 9.17) is 9.47 Å². The molecule has 0 aliphatic rings. The molecule has 0 saturated carbocycles. The normalized spacial score (nSPS) is 11.2. The Kier molecular flexibility index (Phi) is 7.56. The molecule has 148 valence electrons. The number of hydrogen-bond donors (Lipinski definition) is 2. The zero-order chi connectivity index (χ0) is 20.5. The lowest BCUT2D eigenvalue weighted by molar-refractivity contribution is -0.124. The Labute approximate surface area is 164 Å². The summed E-state index contributed by atoms with van der Waals surface area (Å²) >= 11 is 0. The molecule has 0 saturated heterocycles. The molecule has 0 bridgehead atoms. The highest BCUT2D eigenvalue weighted by Crippen LogP contribution is 2.18. The van der Waals surface area contributed by atoms with Crippen LogP contribution in [0.3, 0.4) is 0 Å². The van der Waals surface area contributed by atoms with E-state index < -0.39 is 5.97 Å². The molecule has 2 aromatic rings. The maximum Gasteiger partial charge on any atom is 0.340 e. The summed E-state index contributed by atoms with van der Waals surface area (Å²) in [4.78, 5) is 36.6. The molecule has 0 unspecified atom stereocenters. The van der Waals surface area contributed by atoms with Gasteiger partial charge in [0.15, 0.2) is 6.61 Å². The minimum Gasteiger partial charge on any atom is -0.497 e. The minimum atomic E-state index is -0.690. The third kappa shape index (κ3) is 5.84. The molecule has 2 N–H and O–H groups in total. The van der Waals surface area contributed by atoms with Crippen LogP contribution in [-0.4, -0.2) is 37.5 Å². The van der Waals surface area contributed by atoms with Gasteiger partial charge in [0.05, 0.1) is 18.4 Å². The van der Waals surface area contributed by atoms with Crippen LogP contribution in [0.2, 0.25) is 0 Å². The number of esters is 1. The van der Waals surface area contributed by atoms with E-state index in [1.165, 1.54) is 6.07 Å². The quantitative estimate of drug-likeness (QED) is 0.683. The summed E-state index contributed by atoms with van der Waals surface area (Å²) in [6, 6.07) is 13.0. The highest BCUT2D eigenvalue weighted by atomic mass is 16.5. The van der Waals surface area contributed by atoms with Crippen LogP contribution in [0.1, 0.15) is 41.0 Å². The van der Waals surface area contributed by atoms with E-state index in [-0.39, 0.29) is 30.0 Å². The molecule has 28 heavy (non-hydrogen) atoms. The largest absolute Gasteiger partial charge is 0.497 e. The SMILES string of the molecule is CC[C@@H](C)NC(=O)COC(=O)c1ccccc1NC(=O)c1ccc(OC)cc1. The van der Waals surface area contributed by atoms with E-state index in [2.05, 4.69) is 10.6 Å². The van der Waals surface area contributed by atoms with Gasteiger partial charge in [-0.2, -0.15) is 0 Å². The van der Waals surface area contributed by atoms with Gasteiger partial charge in [0.25, 0.3) is 11.8 Å². The molecule has 2 aromatic carbocycles. The fourth-order valence-electron chi connectivity index (χ4n) is 2.33. The molecular formula is C21H24N2O5. The summed E-state index contributed by atoms with van der Waals surface area (Å²) in [6.07, 6.45) is 0.778. The second kappa shape index (κ2) is 10.1. The first kappa shape index (κ1) is 21.0. The van der Waals surface area contributed by atoms with E-state index in [0.717, 1.165) is 6.42 Å². The van der Waals surface area contributed by atoms with E-state index in [0.29, 0.717) is 17.0 Å². The van der Waals surface area contributed by atoms with E-state index >= 15 is 0 Å². The van der Waals surface area contributed by atoms with Crippen LogP contribution in [0.25, 0.3) is 0 Å². The summed E-state index contributed by atoms with van der Waals surface area (Å²) < 4.78 is 10.1. The monoisotopic (exact) mass is 384 g/mol. The van der Waals surface area contributed by atoms with Gasteiger partial charge in [0.2, 0.25) is 0 Å². The zero-order valence-electron chi connectivity index (χ0n) is 16.2. The highest BCUT2D eigenvalue weighted by Gasteiger charge is 2.17. The summed E-state index contributed by atoms with van der Waals surface area (Å²) in [7, 11) is 1.54. The highest BCUT2D eigenvalue weighted by molar-refractivity contribution is 6.08. The number of para-hydroxylation sites is 1. The summed E-state index contributed by atoms with van der Waals surface area (Å²) in [5, 5.41) is 5.41. The number of ether oxygens (including phenoxy) is 2. The van der Waals surface area contributed by atoms with Gasteiger partial charge in [-0.3, -0.25) is 9.59 Å². The van der Waals surface area contributed by atoms with Gasteiger partial charge in [-0.25, -0.2) is 4.79 Å². The molecule has 7 nitrogen and oxygen atoms in total. The van der Waals surface area contributed by atoms with Crippen molar-refractivity contribution in [2.75, 3.05) is 19.0 Å². The average Bonchev–Trinajstić information content (AvgIpc) is 2.72. The second-order valence-corrected chi connectivity index (χ2v) is 6.18. The lowest BCUT2D eigenvalue weighted by Gasteiger charge is -2.13. The molecule has 2 amide bonds. The van der Waals surface area contributed by atoms with E-state index in [1.807, 2.05) is 13.8 Å². The number of carbonyl (C=O) groups excluding carboxylic acids is 3. The number of benzene rings is 2. The maximum absolute atomic E-state index is 12.4.